The molecule has 0 unspecified atom stereocenters. The number of ketones is 1. The first-order valence-electron chi connectivity index (χ1n) is 11.7. The average molecular weight is 407 g/mol. The van der Waals surface area contributed by atoms with Crippen LogP contribution in [0.25, 0.3) is 0 Å². The number of aliphatic carboxylic acids is 1. The second-order valence-electron chi connectivity index (χ2n) is 11.4. The fourth-order valence-corrected chi connectivity index (χ4v) is 8.69. The molecular weight excluding hydrogens is 368 g/mol. The molecule has 5 heteroatoms. The van der Waals surface area contributed by atoms with Crippen LogP contribution in [0.5, 0.6) is 0 Å². The molecule has 0 aromatic heterocycles. The molecule has 4 saturated carbocycles. The van der Waals surface area contributed by atoms with E-state index in [0.29, 0.717) is 36.0 Å². The Bertz CT molecular complexity index is 687. The van der Waals surface area contributed by atoms with Crippen LogP contribution in [0.2, 0.25) is 0 Å². The fraction of sp³-hybridized carbons (Fsp3) is 0.917. The summed E-state index contributed by atoms with van der Waals surface area (Å²) < 4.78 is 0. The Balaban J connectivity index is 1.55. The van der Waals surface area contributed by atoms with Gasteiger partial charge in [-0.2, -0.15) is 0 Å². The van der Waals surface area contributed by atoms with Gasteiger partial charge in [0.15, 0.2) is 5.78 Å². The van der Waals surface area contributed by atoms with E-state index in [4.69, 9.17) is 5.11 Å². The molecule has 0 radical (unpaired) electrons. The molecule has 0 spiro atoms. The van der Waals surface area contributed by atoms with Crippen LogP contribution < -0.4 is 0 Å². The molecule has 0 saturated heterocycles. The van der Waals surface area contributed by atoms with E-state index in [-0.39, 0.29) is 29.6 Å². The van der Waals surface area contributed by atoms with Crippen LogP contribution in [-0.2, 0) is 9.59 Å². The minimum absolute atomic E-state index is 0.172. The highest BCUT2D eigenvalue weighted by Gasteiger charge is 2.63. The van der Waals surface area contributed by atoms with Crippen molar-refractivity contribution in [2.75, 3.05) is 0 Å². The van der Waals surface area contributed by atoms with Gasteiger partial charge < -0.3 is 15.3 Å². The summed E-state index contributed by atoms with van der Waals surface area (Å²) in [4.78, 5) is 23.2. The van der Waals surface area contributed by atoms with E-state index in [9.17, 15) is 19.8 Å². The van der Waals surface area contributed by atoms with Crippen LogP contribution >= 0.6 is 0 Å². The van der Waals surface area contributed by atoms with Crippen molar-refractivity contribution in [1.29, 1.82) is 0 Å². The van der Waals surface area contributed by atoms with E-state index in [0.717, 1.165) is 32.1 Å². The van der Waals surface area contributed by atoms with E-state index in [1.807, 2.05) is 0 Å². The van der Waals surface area contributed by atoms with Gasteiger partial charge in [-0.05, 0) is 91.3 Å². The zero-order chi connectivity index (χ0) is 21.2. The number of carboxylic acids is 1. The SMILES string of the molecule is C[C@H](CCC(=O)O)[C@H]1CC[C@H]2[C@@H]3CC[C@@H]4CC(=O)C(O)(O)C[C@]4(C)[C@H]3CC[C@]12C. The summed E-state index contributed by atoms with van der Waals surface area (Å²) in [6.45, 7) is 6.90. The number of aliphatic hydroxyl groups is 2. The van der Waals surface area contributed by atoms with Crippen molar-refractivity contribution in [3.8, 4) is 0 Å². The highest BCUT2D eigenvalue weighted by molar-refractivity contribution is 5.86. The highest BCUT2D eigenvalue weighted by atomic mass is 16.5. The average Bonchev–Trinajstić information content (AvgIpc) is 2.98. The number of carboxylic acid groups (broad SMARTS) is 1. The predicted octanol–water partition coefficient (Wildman–Crippen LogP) is 4.01. The molecule has 8 atom stereocenters. The van der Waals surface area contributed by atoms with Gasteiger partial charge in [-0.15, -0.1) is 0 Å². The summed E-state index contributed by atoms with van der Waals surface area (Å²) in [5.41, 5.74) is 0.0942. The fourth-order valence-electron chi connectivity index (χ4n) is 8.69. The van der Waals surface area contributed by atoms with Crippen molar-refractivity contribution in [3.05, 3.63) is 0 Å². The zero-order valence-corrected chi connectivity index (χ0v) is 18.2. The topological polar surface area (TPSA) is 94.8 Å². The van der Waals surface area contributed by atoms with Crippen molar-refractivity contribution in [2.24, 2.45) is 46.3 Å². The number of Topliss-reactive ketones (excluding diaryl/α,β-unsaturated/α-hetero) is 1. The predicted molar refractivity (Wildman–Crippen MR) is 109 cm³/mol. The third-order valence-corrected chi connectivity index (χ3v) is 10.1. The first-order valence-corrected chi connectivity index (χ1v) is 11.7. The second kappa shape index (κ2) is 7.05. The summed E-state index contributed by atoms with van der Waals surface area (Å²) >= 11 is 0. The largest absolute Gasteiger partial charge is 0.481 e. The van der Waals surface area contributed by atoms with E-state index in [1.54, 1.807) is 0 Å². The third-order valence-electron chi connectivity index (χ3n) is 10.1. The smallest absolute Gasteiger partial charge is 0.303 e. The van der Waals surface area contributed by atoms with Gasteiger partial charge in [0.2, 0.25) is 5.79 Å². The van der Waals surface area contributed by atoms with Crippen LogP contribution in [0.1, 0.15) is 85.0 Å². The molecule has 164 valence electrons. The molecular formula is C24H38O5. The maximum atomic E-state index is 12.2. The quantitative estimate of drug-likeness (QED) is 0.613. The Hall–Kier alpha value is -0.940. The molecule has 0 amide bonds. The van der Waals surface area contributed by atoms with Crippen LogP contribution in [0.15, 0.2) is 0 Å². The zero-order valence-electron chi connectivity index (χ0n) is 18.2. The maximum Gasteiger partial charge on any atom is 0.303 e. The van der Waals surface area contributed by atoms with Gasteiger partial charge in [0, 0.05) is 19.3 Å². The Labute approximate surface area is 174 Å². The first-order chi connectivity index (χ1) is 13.5. The second-order valence-corrected chi connectivity index (χ2v) is 11.4. The Morgan fingerprint density at radius 3 is 2.45 bits per heavy atom. The summed E-state index contributed by atoms with van der Waals surface area (Å²) in [6.07, 6.45) is 8.32. The van der Waals surface area contributed by atoms with Crippen LogP contribution in [0.4, 0.5) is 0 Å². The molecule has 4 aliphatic carbocycles. The standard InChI is InChI=1S/C24H38O5/c1-14(4-9-21(26)27)17-7-8-18-16-6-5-15-12-20(25)24(28,29)13-23(15,3)19(16)10-11-22(17,18)2/h14-19,28-29H,4-13H2,1-3H3,(H,26,27)/t14-,15-,16+,17-,18+,19+,22-,23+/m1/s1. The first kappa shape index (κ1) is 21.3. The molecule has 0 aromatic carbocycles. The summed E-state index contributed by atoms with van der Waals surface area (Å²) in [5.74, 6) is -0.268. The normalized spacial score (nSPS) is 47.1. The lowest BCUT2D eigenvalue weighted by Gasteiger charge is -2.61. The summed E-state index contributed by atoms with van der Waals surface area (Å²) in [6, 6.07) is 0. The van der Waals surface area contributed by atoms with Crippen molar-refractivity contribution >= 4 is 11.8 Å². The number of hydrogen-bond donors (Lipinski definition) is 3. The van der Waals surface area contributed by atoms with Crippen molar-refractivity contribution in [3.63, 3.8) is 0 Å². The van der Waals surface area contributed by atoms with E-state index < -0.39 is 17.5 Å². The lowest BCUT2D eigenvalue weighted by atomic mass is 9.44. The van der Waals surface area contributed by atoms with Gasteiger partial charge in [0.25, 0.3) is 0 Å². The molecule has 4 rings (SSSR count). The highest BCUT2D eigenvalue weighted by Crippen LogP contribution is 2.68. The van der Waals surface area contributed by atoms with Gasteiger partial charge in [-0.3, -0.25) is 9.59 Å². The van der Waals surface area contributed by atoms with E-state index >= 15 is 0 Å². The Kier molecular flexibility index (Phi) is 5.18. The number of rotatable bonds is 4. The summed E-state index contributed by atoms with van der Waals surface area (Å²) in [5, 5.41) is 29.8. The van der Waals surface area contributed by atoms with Gasteiger partial charge in [0.05, 0.1) is 0 Å². The number of fused-ring (bicyclic) bond motifs is 5. The maximum absolute atomic E-state index is 12.2. The van der Waals surface area contributed by atoms with Crippen LogP contribution in [0.3, 0.4) is 0 Å². The van der Waals surface area contributed by atoms with Gasteiger partial charge in [0.1, 0.15) is 0 Å². The minimum Gasteiger partial charge on any atom is -0.481 e. The monoisotopic (exact) mass is 406 g/mol. The third kappa shape index (κ3) is 3.27. The van der Waals surface area contributed by atoms with Crippen LogP contribution in [-0.4, -0.2) is 32.9 Å². The number of carbonyl (C=O) groups is 2. The number of carbonyl (C=O) groups excluding carboxylic acids is 1. The van der Waals surface area contributed by atoms with E-state index in [2.05, 4.69) is 20.8 Å². The van der Waals surface area contributed by atoms with Crippen LogP contribution in [0, 0.1) is 46.3 Å². The molecule has 3 N–H and O–H groups in total. The molecule has 29 heavy (non-hydrogen) atoms. The Morgan fingerprint density at radius 2 is 1.76 bits per heavy atom. The summed E-state index contributed by atoms with van der Waals surface area (Å²) in [7, 11) is 0. The lowest BCUT2D eigenvalue weighted by Crippen LogP contribution is -2.59. The molecule has 0 aromatic rings. The van der Waals surface area contributed by atoms with Crippen molar-refractivity contribution in [1.82, 2.24) is 0 Å². The minimum atomic E-state index is -2.16. The Morgan fingerprint density at radius 1 is 1.07 bits per heavy atom. The molecule has 0 bridgehead atoms. The molecule has 4 fully saturated rings. The molecule has 4 aliphatic rings. The van der Waals surface area contributed by atoms with Gasteiger partial charge in [-0.1, -0.05) is 20.8 Å². The van der Waals surface area contributed by atoms with Gasteiger partial charge in [-0.25, -0.2) is 0 Å². The van der Waals surface area contributed by atoms with E-state index in [1.165, 1.54) is 12.8 Å². The molecule has 0 heterocycles. The van der Waals surface area contributed by atoms with Crippen molar-refractivity contribution < 1.29 is 24.9 Å². The van der Waals surface area contributed by atoms with Gasteiger partial charge >= 0.3 is 5.97 Å². The molecule has 5 nitrogen and oxygen atoms in total. The van der Waals surface area contributed by atoms with Crippen molar-refractivity contribution in [2.45, 2.75) is 90.8 Å². The lowest BCUT2D eigenvalue weighted by molar-refractivity contribution is -0.229. The number of hydrogen-bond acceptors (Lipinski definition) is 4. The molecule has 0 aliphatic heterocycles.